The molecule has 2 fully saturated rings. The van der Waals surface area contributed by atoms with E-state index in [1.165, 1.54) is 0 Å². The van der Waals surface area contributed by atoms with Crippen molar-refractivity contribution in [3.05, 3.63) is 29.3 Å². The lowest BCUT2D eigenvalue weighted by atomic mass is 9.92. The molecule has 2 aliphatic rings. The number of hydrogen-bond donors (Lipinski definition) is 1. The second-order valence-electron chi connectivity index (χ2n) is 5.83. The molecule has 9 heteroatoms. The maximum Gasteiger partial charge on any atom is 0.415 e. The van der Waals surface area contributed by atoms with Gasteiger partial charge in [-0.3, -0.25) is 9.69 Å². The number of ether oxygens (including phenoxy) is 1. The van der Waals surface area contributed by atoms with Crippen molar-refractivity contribution in [3.8, 4) is 0 Å². The molecular weight excluding hydrogens is 342 g/mol. The number of halogens is 2. The number of carbonyl (C=O) groups is 2. The van der Waals surface area contributed by atoms with Crippen molar-refractivity contribution in [3.63, 3.8) is 0 Å². The van der Waals surface area contributed by atoms with Crippen LogP contribution in [0.25, 0.3) is 0 Å². The molecule has 2 N–H and O–H groups in total. The van der Waals surface area contributed by atoms with Crippen LogP contribution in [0.1, 0.15) is 24.3 Å². The van der Waals surface area contributed by atoms with Gasteiger partial charge in [0.05, 0.1) is 12.2 Å². The number of benzene rings is 1. The highest BCUT2D eigenvalue weighted by molar-refractivity contribution is 7.91. The number of anilines is 1. The van der Waals surface area contributed by atoms with Crippen molar-refractivity contribution in [1.29, 1.82) is 0 Å². The molecule has 1 atom stereocenters. The SMILES string of the molecule is NC(=O)[C@H]1CN(c2cc(F)c([C@H]3CC[S@@+]([O-])CC3)c(F)c2)C(=O)O1. The Morgan fingerprint density at radius 1 is 1.29 bits per heavy atom. The minimum absolute atomic E-state index is 0.0260. The molecule has 130 valence electrons. The van der Waals surface area contributed by atoms with E-state index < -0.39 is 40.9 Å². The molecule has 1 aromatic rings. The third-order valence-electron chi connectivity index (χ3n) is 4.30. The van der Waals surface area contributed by atoms with Gasteiger partial charge in [0.2, 0.25) is 0 Å². The van der Waals surface area contributed by atoms with Crippen LogP contribution in [0.15, 0.2) is 12.1 Å². The van der Waals surface area contributed by atoms with Crippen LogP contribution in [0.2, 0.25) is 0 Å². The summed E-state index contributed by atoms with van der Waals surface area (Å²) in [5, 5.41) is 0. The van der Waals surface area contributed by atoms with Gasteiger partial charge < -0.3 is 15.0 Å². The summed E-state index contributed by atoms with van der Waals surface area (Å²) in [4.78, 5) is 23.8. The largest absolute Gasteiger partial charge is 0.616 e. The number of hydrogen-bond acceptors (Lipinski definition) is 4. The van der Waals surface area contributed by atoms with Crippen LogP contribution in [-0.2, 0) is 20.7 Å². The number of cyclic esters (lactones) is 1. The molecule has 0 aromatic heterocycles. The molecule has 3 rings (SSSR count). The zero-order valence-corrected chi connectivity index (χ0v) is 13.5. The smallest absolute Gasteiger partial charge is 0.415 e. The average molecular weight is 358 g/mol. The molecule has 2 amide bonds. The van der Waals surface area contributed by atoms with E-state index in [2.05, 4.69) is 0 Å². The van der Waals surface area contributed by atoms with Crippen LogP contribution in [0.3, 0.4) is 0 Å². The second kappa shape index (κ2) is 6.56. The fourth-order valence-corrected chi connectivity index (χ4v) is 4.32. The van der Waals surface area contributed by atoms with Crippen molar-refractivity contribution >= 4 is 28.9 Å². The fraction of sp³-hybridized carbons (Fsp3) is 0.467. The van der Waals surface area contributed by atoms with Crippen LogP contribution >= 0.6 is 0 Å². The Bertz CT molecular complexity index is 656. The van der Waals surface area contributed by atoms with Crippen molar-refractivity contribution < 1.29 is 27.7 Å². The van der Waals surface area contributed by atoms with Gasteiger partial charge in [-0.15, -0.1) is 0 Å². The molecule has 2 aliphatic heterocycles. The first-order chi connectivity index (χ1) is 11.4. The zero-order chi connectivity index (χ0) is 17.4. The second-order valence-corrected chi connectivity index (χ2v) is 7.53. The molecule has 2 heterocycles. The number of rotatable bonds is 3. The number of nitrogens with zero attached hydrogens (tertiary/aromatic N) is 1. The van der Waals surface area contributed by atoms with E-state index in [0.29, 0.717) is 24.3 Å². The summed E-state index contributed by atoms with van der Waals surface area (Å²) in [6.45, 7) is -0.186. The molecule has 1 aromatic carbocycles. The van der Waals surface area contributed by atoms with E-state index in [1.54, 1.807) is 0 Å². The fourth-order valence-electron chi connectivity index (χ4n) is 3.02. The highest BCUT2D eigenvalue weighted by atomic mass is 32.2. The molecule has 0 unspecified atom stereocenters. The van der Waals surface area contributed by atoms with Crippen molar-refractivity contribution in [2.24, 2.45) is 5.73 Å². The highest BCUT2D eigenvalue weighted by Gasteiger charge is 2.37. The van der Waals surface area contributed by atoms with Gasteiger partial charge in [-0.1, -0.05) is 11.2 Å². The molecule has 0 saturated carbocycles. The van der Waals surface area contributed by atoms with Crippen LogP contribution < -0.4 is 10.6 Å². The zero-order valence-electron chi connectivity index (χ0n) is 12.7. The van der Waals surface area contributed by atoms with E-state index >= 15 is 0 Å². The van der Waals surface area contributed by atoms with E-state index in [9.17, 15) is 22.9 Å². The topological polar surface area (TPSA) is 95.7 Å². The summed E-state index contributed by atoms with van der Waals surface area (Å²) in [6.07, 6.45) is -1.11. The van der Waals surface area contributed by atoms with Crippen molar-refractivity contribution in [2.45, 2.75) is 24.9 Å². The Kier molecular flexibility index (Phi) is 4.64. The summed E-state index contributed by atoms with van der Waals surface area (Å²) >= 11 is -0.926. The lowest BCUT2D eigenvalue weighted by molar-refractivity contribution is -0.124. The highest BCUT2D eigenvalue weighted by Crippen LogP contribution is 2.35. The standard InChI is InChI=1S/C15H16F2N2O4S/c16-10-5-9(19-7-12(14(18)20)23-15(19)21)6-11(17)13(10)8-1-3-24(22)4-2-8/h5-6,8,12H,1-4,7H2,(H2,18,20)/t8-,12-,24+/m1/s1. The number of primary amides is 1. The van der Waals surface area contributed by atoms with Crippen LogP contribution in [0.5, 0.6) is 0 Å². The summed E-state index contributed by atoms with van der Waals surface area (Å²) in [7, 11) is 0. The quantitative estimate of drug-likeness (QED) is 0.826. The molecule has 24 heavy (non-hydrogen) atoms. The van der Waals surface area contributed by atoms with Crippen LogP contribution in [-0.4, -0.2) is 40.7 Å². The predicted octanol–water partition coefficient (Wildman–Crippen LogP) is 1.40. The molecule has 0 bridgehead atoms. The van der Waals surface area contributed by atoms with Gasteiger partial charge in [-0.25, -0.2) is 13.6 Å². The van der Waals surface area contributed by atoms with E-state index in [0.717, 1.165) is 17.0 Å². The Morgan fingerprint density at radius 2 is 1.88 bits per heavy atom. The Labute approximate surface area is 140 Å². The van der Waals surface area contributed by atoms with E-state index in [-0.39, 0.29) is 23.7 Å². The van der Waals surface area contributed by atoms with Gasteiger partial charge in [0.15, 0.2) is 6.10 Å². The molecule has 0 aliphatic carbocycles. The lowest BCUT2D eigenvalue weighted by Crippen LogP contribution is -2.32. The van der Waals surface area contributed by atoms with Crippen molar-refractivity contribution in [1.82, 2.24) is 0 Å². The number of amides is 2. The van der Waals surface area contributed by atoms with Crippen LogP contribution in [0, 0.1) is 11.6 Å². The molecule has 0 radical (unpaired) electrons. The van der Waals surface area contributed by atoms with Gasteiger partial charge in [0.25, 0.3) is 5.91 Å². The molecule has 0 spiro atoms. The first-order valence-electron chi connectivity index (χ1n) is 7.48. The monoisotopic (exact) mass is 358 g/mol. The molecule has 2 saturated heterocycles. The lowest BCUT2D eigenvalue weighted by Gasteiger charge is -2.25. The number of carbonyl (C=O) groups excluding carboxylic acids is 2. The van der Waals surface area contributed by atoms with E-state index in [1.807, 2.05) is 0 Å². The Morgan fingerprint density at radius 3 is 2.38 bits per heavy atom. The van der Waals surface area contributed by atoms with Gasteiger partial charge in [0, 0.05) is 5.56 Å². The maximum absolute atomic E-state index is 14.4. The minimum Gasteiger partial charge on any atom is -0.616 e. The molecule has 6 nitrogen and oxygen atoms in total. The van der Waals surface area contributed by atoms with Crippen LogP contribution in [0.4, 0.5) is 19.3 Å². The average Bonchev–Trinajstić information content (AvgIpc) is 2.90. The van der Waals surface area contributed by atoms with Gasteiger partial charge in [-0.05, 0) is 30.9 Å². The first kappa shape index (κ1) is 17.0. The first-order valence-corrected chi connectivity index (χ1v) is 8.97. The summed E-state index contributed by atoms with van der Waals surface area (Å²) in [5.41, 5.74) is 5.00. The van der Waals surface area contributed by atoms with Gasteiger partial charge >= 0.3 is 6.09 Å². The van der Waals surface area contributed by atoms with Gasteiger partial charge in [-0.2, -0.15) is 0 Å². The van der Waals surface area contributed by atoms with Crippen molar-refractivity contribution in [2.75, 3.05) is 23.0 Å². The Balaban J connectivity index is 1.85. The predicted molar refractivity (Wildman–Crippen MR) is 83.0 cm³/mol. The minimum atomic E-state index is -1.14. The third kappa shape index (κ3) is 3.18. The normalized spacial score (nSPS) is 27.2. The third-order valence-corrected chi connectivity index (χ3v) is 5.68. The Hall–Kier alpha value is -1.87. The maximum atomic E-state index is 14.4. The van der Waals surface area contributed by atoms with E-state index in [4.69, 9.17) is 10.5 Å². The summed E-state index contributed by atoms with van der Waals surface area (Å²) in [5.74, 6) is -1.84. The summed E-state index contributed by atoms with van der Waals surface area (Å²) in [6, 6.07) is 2.10. The number of nitrogens with two attached hydrogens (primary N) is 1. The summed E-state index contributed by atoms with van der Waals surface area (Å²) < 4.78 is 45.0. The van der Waals surface area contributed by atoms with Gasteiger partial charge in [0.1, 0.15) is 23.1 Å². The molecular formula is C15H16F2N2O4S.